The summed E-state index contributed by atoms with van der Waals surface area (Å²) in [7, 11) is 4.09. The molecule has 0 bridgehead atoms. The van der Waals surface area contributed by atoms with Crippen LogP contribution in [-0.4, -0.2) is 38.6 Å². The van der Waals surface area contributed by atoms with E-state index in [-0.39, 0.29) is 0 Å². The lowest BCUT2D eigenvalue weighted by molar-refractivity contribution is 0.367. The molecule has 0 spiro atoms. The lowest BCUT2D eigenvalue weighted by atomic mass is 10.2. The van der Waals surface area contributed by atoms with Crippen molar-refractivity contribution >= 4 is 0 Å². The number of hydrogen-bond acceptors (Lipinski definition) is 2. The van der Waals surface area contributed by atoms with E-state index in [1.165, 1.54) is 6.42 Å². The molecule has 0 aliphatic rings. The van der Waals surface area contributed by atoms with Crippen LogP contribution in [-0.2, 0) is 0 Å². The fraction of sp³-hybridized carbons (Fsp3) is 0.429. The Balaban J connectivity index is 2.26. The van der Waals surface area contributed by atoms with Crippen LogP contribution in [0.5, 0.6) is 0 Å². The molecular weight excluding hydrogens is 196 g/mol. The van der Waals surface area contributed by atoms with Gasteiger partial charge in [-0.25, -0.2) is 0 Å². The summed E-state index contributed by atoms with van der Waals surface area (Å²) in [5, 5.41) is 3.14. The summed E-state index contributed by atoms with van der Waals surface area (Å²) in [5.74, 6) is 6.34. The van der Waals surface area contributed by atoms with Crippen molar-refractivity contribution in [2.45, 2.75) is 6.42 Å². The molecular formula is C14H20N2. The van der Waals surface area contributed by atoms with Gasteiger partial charge < -0.3 is 5.32 Å². The van der Waals surface area contributed by atoms with Crippen molar-refractivity contribution < 1.29 is 0 Å². The lowest BCUT2D eigenvalue weighted by Gasteiger charge is -2.12. The molecule has 16 heavy (non-hydrogen) atoms. The molecule has 0 aromatic heterocycles. The van der Waals surface area contributed by atoms with Gasteiger partial charge in [-0.05, 0) is 45.7 Å². The maximum Gasteiger partial charge on any atom is 0.0602 e. The van der Waals surface area contributed by atoms with E-state index in [0.29, 0.717) is 0 Å². The average molecular weight is 216 g/mol. The Labute approximate surface area is 98.7 Å². The summed E-state index contributed by atoms with van der Waals surface area (Å²) in [6, 6.07) is 10.1. The molecule has 0 saturated carbocycles. The number of nitrogens with one attached hydrogen (secondary N) is 1. The van der Waals surface area contributed by atoms with Gasteiger partial charge in [-0.1, -0.05) is 30.0 Å². The Bertz CT molecular complexity index is 335. The minimum atomic E-state index is 0.832. The van der Waals surface area contributed by atoms with Crippen molar-refractivity contribution in [3.05, 3.63) is 35.9 Å². The van der Waals surface area contributed by atoms with Crippen LogP contribution >= 0.6 is 0 Å². The van der Waals surface area contributed by atoms with Gasteiger partial charge in [0.2, 0.25) is 0 Å². The van der Waals surface area contributed by atoms with Gasteiger partial charge in [-0.2, -0.15) is 0 Å². The van der Waals surface area contributed by atoms with E-state index in [1.807, 2.05) is 37.4 Å². The van der Waals surface area contributed by atoms with Gasteiger partial charge in [0, 0.05) is 5.56 Å². The van der Waals surface area contributed by atoms with E-state index >= 15 is 0 Å². The van der Waals surface area contributed by atoms with Crippen LogP contribution in [0.3, 0.4) is 0 Å². The highest BCUT2D eigenvalue weighted by Gasteiger charge is 1.93. The van der Waals surface area contributed by atoms with Gasteiger partial charge in [0.25, 0.3) is 0 Å². The zero-order valence-corrected chi connectivity index (χ0v) is 10.2. The number of rotatable bonds is 5. The van der Waals surface area contributed by atoms with E-state index in [9.17, 15) is 0 Å². The van der Waals surface area contributed by atoms with E-state index < -0.39 is 0 Å². The van der Waals surface area contributed by atoms with Crippen LogP contribution in [0, 0.1) is 11.8 Å². The molecule has 0 radical (unpaired) electrons. The molecule has 2 heteroatoms. The summed E-state index contributed by atoms with van der Waals surface area (Å²) in [6.45, 7) is 2.99. The molecule has 1 aromatic rings. The molecule has 0 fully saturated rings. The van der Waals surface area contributed by atoms with Gasteiger partial charge in [-0.15, -0.1) is 0 Å². The minimum Gasteiger partial charge on any atom is -0.320 e. The SMILES string of the molecule is CNCCCN(C)CC#Cc1ccccc1. The topological polar surface area (TPSA) is 15.3 Å². The molecule has 86 valence electrons. The van der Waals surface area contributed by atoms with E-state index in [4.69, 9.17) is 0 Å². The predicted octanol–water partition coefficient (Wildman–Crippen LogP) is 1.58. The van der Waals surface area contributed by atoms with Crippen molar-refractivity contribution in [1.29, 1.82) is 0 Å². The van der Waals surface area contributed by atoms with Crippen molar-refractivity contribution in [3.8, 4) is 11.8 Å². The van der Waals surface area contributed by atoms with Gasteiger partial charge >= 0.3 is 0 Å². The Morgan fingerprint density at radius 1 is 1.25 bits per heavy atom. The summed E-state index contributed by atoms with van der Waals surface area (Å²) < 4.78 is 0. The fourth-order valence-electron chi connectivity index (χ4n) is 1.40. The molecule has 2 nitrogen and oxygen atoms in total. The first-order chi connectivity index (χ1) is 7.83. The zero-order valence-electron chi connectivity index (χ0n) is 10.2. The standard InChI is InChI=1S/C14H20N2/c1-15-11-7-13-16(2)12-6-10-14-8-4-3-5-9-14/h3-5,8-9,15H,7,11-13H2,1-2H3. The number of benzene rings is 1. The number of hydrogen-bond donors (Lipinski definition) is 1. The van der Waals surface area contributed by atoms with Gasteiger partial charge in [0.1, 0.15) is 0 Å². The maximum absolute atomic E-state index is 3.18. The van der Waals surface area contributed by atoms with Crippen LogP contribution in [0.25, 0.3) is 0 Å². The van der Waals surface area contributed by atoms with Crippen molar-refractivity contribution in [3.63, 3.8) is 0 Å². The second kappa shape index (κ2) is 7.92. The first kappa shape index (κ1) is 12.8. The largest absolute Gasteiger partial charge is 0.320 e. The average Bonchev–Trinajstić information content (AvgIpc) is 2.31. The molecule has 1 rings (SSSR count). The summed E-state index contributed by atoms with van der Waals surface area (Å²) in [5.41, 5.74) is 1.09. The summed E-state index contributed by atoms with van der Waals surface area (Å²) in [4.78, 5) is 2.24. The fourth-order valence-corrected chi connectivity index (χ4v) is 1.40. The van der Waals surface area contributed by atoms with Crippen LogP contribution in [0.1, 0.15) is 12.0 Å². The van der Waals surface area contributed by atoms with Crippen molar-refractivity contribution in [2.75, 3.05) is 33.7 Å². The van der Waals surface area contributed by atoms with E-state index in [0.717, 1.165) is 25.2 Å². The highest BCUT2D eigenvalue weighted by molar-refractivity contribution is 5.33. The first-order valence-corrected chi connectivity index (χ1v) is 5.70. The Morgan fingerprint density at radius 3 is 2.69 bits per heavy atom. The Kier molecular flexibility index (Phi) is 6.32. The molecule has 1 N–H and O–H groups in total. The van der Waals surface area contributed by atoms with Gasteiger partial charge in [0.15, 0.2) is 0 Å². The highest BCUT2D eigenvalue weighted by atomic mass is 15.1. The van der Waals surface area contributed by atoms with Crippen LogP contribution in [0.4, 0.5) is 0 Å². The minimum absolute atomic E-state index is 0.832. The molecule has 0 amide bonds. The molecule has 0 atom stereocenters. The van der Waals surface area contributed by atoms with Gasteiger partial charge in [0.05, 0.1) is 6.54 Å². The zero-order chi connectivity index (χ0) is 11.6. The predicted molar refractivity (Wildman–Crippen MR) is 69.4 cm³/mol. The normalized spacial score (nSPS) is 9.94. The summed E-state index contributed by atoms with van der Waals surface area (Å²) >= 11 is 0. The first-order valence-electron chi connectivity index (χ1n) is 5.70. The van der Waals surface area contributed by atoms with E-state index in [1.54, 1.807) is 0 Å². The highest BCUT2D eigenvalue weighted by Crippen LogP contribution is 1.94. The molecule has 0 aliphatic carbocycles. The summed E-state index contributed by atoms with van der Waals surface area (Å²) in [6.07, 6.45) is 1.17. The van der Waals surface area contributed by atoms with Crippen molar-refractivity contribution in [1.82, 2.24) is 10.2 Å². The lowest BCUT2D eigenvalue weighted by Crippen LogP contribution is -2.23. The monoisotopic (exact) mass is 216 g/mol. The second-order valence-electron chi connectivity index (χ2n) is 3.86. The maximum atomic E-state index is 3.18. The van der Waals surface area contributed by atoms with Crippen LogP contribution < -0.4 is 5.32 Å². The van der Waals surface area contributed by atoms with Crippen molar-refractivity contribution in [2.24, 2.45) is 0 Å². The molecule has 0 unspecified atom stereocenters. The molecule has 0 heterocycles. The molecule has 0 saturated heterocycles. The van der Waals surface area contributed by atoms with Gasteiger partial charge in [-0.3, -0.25) is 4.90 Å². The third-order valence-electron chi connectivity index (χ3n) is 2.32. The Hall–Kier alpha value is -1.30. The van der Waals surface area contributed by atoms with Crippen LogP contribution in [0.15, 0.2) is 30.3 Å². The molecule has 0 aliphatic heterocycles. The van der Waals surface area contributed by atoms with E-state index in [2.05, 4.69) is 29.1 Å². The smallest absolute Gasteiger partial charge is 0.0602 e. The number of nitrogens with zero attached hydrogens (tertiary/aromatic N) is 1. The molecule has 1 aromatic carbocycles. The quantitative estimate of drug-likeness (QED) is 0.594. The van der Waals surface area contributed by atoms with Crippen LogP contribution in [0.2, 0.25) is 0 Å². The Morgan fingerprint density at radius 2 is 2.00 bits per heavy atom. The third kappa shape index (κ3) is 5.55. The third-order valence-corrected chi connectivity index (χ3v) is 2.32. The second-order valence-corrected chi connectivity index (χ2v) is 3.86.